The Bertz CT molecular complexity index is 272. The van der Waals surface area contributed by atoms with Gasteiger partial charge in [-0.3, -0.25) is 4.90 Å². The number of likely N-dealkylation sites (N-methyl/N-ethyl adjacent to an activating group) is 1. The molecule has 0 aromatic rings. The van der Waals surface area contributed by atoms with Gasteiger partial charge in [-0.25, -0.2) is 13.6 Å². The minimum atomic E-state index is -2.43. The van der Waals surface area contributed by atoms with E-state index in [-0.39, 0.29) is 25.6 Å². The molecule has 0 heterocycles. The van der Waals surface area contributed by atoms with E-state index in [1.165, 1.54) is 11.9 Å². The average Bonchev–Trinajstić information content (AvgIpc) is 2.99. The number of carbonyl (C=O) groups excluding carboxylic acids is 1. The number of hydrogen-bond donors (Lipinski definition) is 1. The predicted molar refractivity (Wildman–Crippen MR) is 59.8 cm³/mol. The molecule has 1 rings (SSSR count). The molecule has 0 saturated heterocycles. The highest BCUT2D eigenvalue weighted by Crippen LogP contribution is 2.39. The van der Waals surface area contributed by atoms with Gasteiger partial charge in [0.25, 0.3) is 6.43 Å². The van der Waals surface area contributed by atoms with Gasteiger partial charge in [-0.1, -0.05) is 0 Å². The van der Waals surface area contributed by atoms with Crippen LogP contribution in [0.1, 0.15) is 19.8 Å². The fraction of sp³-hybridized carbons (Fsp3) is 0.909. The molecule has 0 spiro atoms. The van der Waals surface area contributed by atoms with Crippen molar-refractivity contribution >= 4 is 5.97 Å². The number of alkyl halides is 2. The SMILES string of the molecule is CCOC(=O)C(N)(CN(C)CC(F)F)C1CC1. The van der Waals surface area contributed by atoms with Crippen LogP contribution in [-0.2, 0) is 9.53 Å². The average molecular weight is 250 g/mol. The first-order valence-corrected chi connectivity index (χ1v) is 5.83. The van der Waals surface area contributed by atoms with Crippen LogP contribution >= 0.6 is 0 Å². The lowest BCUT2D eigenvalue weighted by Crippen LogP contribution is -2.58. The third kappa shape index (κ3) is 3.89. The highest BCUT2D eigenvalue weighted by molar-refractivity contribution is 5.82. The molecule has 1 atom stereocenters. The first kappa shape index (κ1) is 14.3. The van der Waals surface area contributed by atoms with Crippen LogP contribution in [0.4, 0.5) is 8.78 Å². The minimum absolute atomic E-state index is 0.0571. The molecule has 4 nitrogen and oxygen atoms in total. The predicted octanol–water partition coefficient (Wildman–Crippen LogP) is 0.854. The summed E-state index contributed by atoms with van der Waals surface area (Å²) in [5.41, 5.74) is 4.91. The number of hydrogen-bond acceptors (Lipinski definition) is 4. The van der Waals surface area contributed by atoms with Gasteiger partial charge in [0.05, 0.1) is 13.2 Å². The van der Waals surface area contributed by atoms with Crippen LogP contribution in [0, 0.1) is 5.92 Å². The number of nitrogens with two attached hydrogens (primary N) is 1. The van der Waals surface area contributed by atoms with Gasteiger partial charge in [-0.2, -0.15) is 0 Å². The Labute approximate surface area is 100 Å². The summed E-state index contributed by atoms with van der Waals surface area (Å²) in [4.78, 5) is 13.2. The molecular formula is C11H20F2N2O2. The summed E-state index contributed by atoms with van der Waals surface area (Å²) >= 11 is 0. The number of nitrogens with zero attached hydrogens (tertiary/aromatic N) is 1. The van der Waals surface area contributed by atoms with E-state index in [2.05, 4.69) is 0 Å². The van der Waals surface area contributed by atoms with Gasteiger partial charge in [0, 0.05) is 6.54 Å². The van der Waals surface area contributed by atoms with Gasteiger partial charge in [-0.15, -0.1) is 0 Å². The third-order valence-electron chi connectivity index (χ3n) is 2.94. The van der Waals surface area contributed by atoms with Crippen molar-refractivity contribution < 1.29 is 18.3 Å². The van der Waals surface area contributed by atoms with Crippen molar-refractivity contribution in [3.8, 4) is 0 Å². The maximum Gasteiger partial charge on any atom is 0.327 e. The standard InChI is InChI=1S/C11H20F2N2O2/c1-3-17-10(16)11(14,8-4-5-8)7-15(2)6-9(12)13/h8-9H,3-7,14H2,1-2H3. The van der Waals surface area contributed by atoms with Gasteiger partial charge in [0.1, 0.15) is 5.54 Å². The second kappa shape index (κ2) is 5.73. The van der Waals surface area contributed by atoms with Gasteiger partial charge in [0.2, 0.25) is 0 Å². The zero-order valence-corrected chi connectivity index (χ0v) is 10.3. The van der Waals surface area contributed by atoms with E-state index in [1.807, 2.05) is 0 Å². The molecule has 0 aromatic heterocycles. The quantitative estimate of drug-likeness (QED) is 0.681. The lowest BCUT2D eigenvalue weighted by molar-refractivity contribution is -0.151. The second-order valence-corrected chi connectivity index (χ2v) is 4.62. The van der Waals surface area contributed by atoms with E-state index in [1.54, 1.807) is 6.92 Å². The smallest absolute Gasteiger partial charge is 0.327 e. The van der Waals surface area contributed by atoms with Crippen molar-refractivity contribution in [3.63, 3.8) is 0 Å². The number of esters is 1. The number of ether oxygens (including phenoxy) is 1. The first-order valence-electron chi connectivity index (χ1n) is 5.83. The Kier molecular flexibility index (Phi) is 4.82. The molecule has 1 unspecified atom stereocenters. The molecule has 0 radical (unpaired) electrons. The zero-order valence-electron chi connectivity index (χ0n) is 10.3. The van der Waals surface area contributed by atoms with Crippen molar-refractivity contribution in [1.82, 2.24) is 4.90 Å². The van der Waals surface area contributed by atoms with Crippen LogP contribution < -0.4 is 5.73 Å². The molecule has 2 N–H and O–H groups in total. The number of halogens is 2. The summed E-state index contributed by atoms with van der Waals surface area (Å²) < 4.78 is 29.4. The lowest BCUT2D eigenvalue weighted by atomic mass is 9.94. The molecule has 1 aliphatic rings. The van der Waals surface area contributed by atoms with E-state index >= 15 is 0 Å². The van der Waals surface area contributed by atoms with Crippen molar-refractivity contribution in [2.75, 3.05) is 26.7 Å². The molecule has 1 fully saturated rings. The molecule has 6 heteroatoms. The van der Waals surface area contributed by atoms with E-state index < -0.39 is 17.9 Å². The van der Waals surface area contributed by atoms with E-state index in [0.717, 1.165) is 12.8 Å². The van der Waals surface area contributed by atoms with E-state index in [0.29, 0.717) is 0 Å². The maximum absolute atomic E-state index is 12.2. The largest absolute Gasteiger partial charge is 0.465 e. The Morgan fingerprint density at radius 1 is 1.59 bits per heavy atom. The fourth-order valence-electron chi connectivity index (χ4n) is 1.97. The normalized spacial score (nSPS) is 19.5. The molecule has 0 aliphatic heterocycles. The number of carbonyl (C=O) groups is 1. The van der Waals surface area contributed by atoms with Gasteiger partial charge >= 0.3 is 5.97 Å². The molecule has 17 heavy (non-hydrogen) atoms. The monoisotopic (exact) mass is 250 g/mol. The molecular weight excluding hydrogens is 230 g/mol. The topological polar surface area (TPSA) is 55.6 Å². The lowest BCUT2D eigenvalue weighted by Gasteiger charge is -2.31. The highest BCUT2D eigenvalue weighted by atomic mass is 19.3. The maximum atomic E-state index is 12.2. The van der Waals surface area contributed by atoms with Crippen molar-refractivity contribution in [1.29, 1.82) is 0 Å². The van der Waals surface area contributed by atoms with Crippen molar-refractivity contribution in [2.45, 2.75) is 31.7 Å². The van der Waals surface area contributed by atoms with E-state index in [9.17, 15) is 13.6 Å². The van der Waals surface area contributed by atoms with Gasteiger partial charge in [-0.05, 0) is 32.7 Å². The molecule has 0 bridgehead atoms. The third-order valence-corrected chi connectivity index (χ3v) is 2.94. The fourth-order valence-corrected chi connectivity index (χ4v) is 1.97. The Morgan fingerprint density at radius 3 is 2.59 bits per heavy atom. The summed E-state index contributed by atoms with van der Waals surface area (Å²) in [6, 6.07) is 0. The van der Waals surface area contributed by atoms with E-state index in [4.69, 9.17) is 10.5 Å². The van der Waals surface area contributed by atoms with Crippen LogP contribution in [0.5, 0.6) is 0 Å². The van der Waals surface area contributed by atoms with Crippen molar-refractivity contribution in [3.05, 3.63) is 0 Å². The molecule has 100 valence electrons. The summed E-state index contributed by atoms with van der Waals surface area (Å²) in [6.07, 6.45) is -0.707. The highest BCUT2D eigenvalue weighted by Gasteiger charge is 2.49. The Morgan fingerprint density at radius 2 is 2.18 bits per heavy atom. The summed E-state index contributed by atoms with van der Waals surface area (Å²) in [6.45, 7) is 1.68. The van der Waals surface area contributed by atoms with Crippen LogP contribution in [0.25, 0.3) is 0 Å². The summed E-state index contributed by atoms with van der Waals surface area (Å²) in [5, 5.41) is 0. The summed E-state index contributed by atoms with van der Waals surface area (Å²) in [5.74, 6) is -0.426. The van der Waals surface area contributed by atoms with Crippen LogP contribution in [0.15, 0.2) is 0 Å². The van der Waals surface area contributed by atoms with Crippen LogP contribution in [0.2, 0.25) is 0 Å². The molecule has 1 aliphatic carbocycles. The Balaban J connectivity index is 2.61. The Hall–Kier alpha value is -0.750. The minimum Gasteiger partial charge on any atom is -0.465 e. The summed E-state index contributed by atoms with van der Waals surface area (Å²) in [7, 11) is 1.54. The number of rotatable bonds is 7. The van der Waals surface area contributed by atoms with Crippen LogP contribution in [0.3, 0.4) is 0 Å². The van der Waals surface area contributed by atoms with Gasteiger partial charge < -0.3 is 10.5 Å². The van der Waals surface area contributed by atoms with Crippen molar-refractivity contribution in [2.24, 2.45) is 11.7 Å². The van der Waals surface area contributed by atoms with Crippen LogP contribution in [-0.4, -0.2) is 49.6 Å². The van der Waals surface area contributed by atoms with Gasteiger partial charge in [0.15, 0.2) is 0 Å². The second-order valence-electron chi connectivity index (χ2n) is 4.62. The first-order chi connectivity index (χ1) is 7.90. The molecule has 1 saturated carbocycles. The zero-order chi connectivity index (χ0) is 13.1. The molecule has 0 amide bonds. The molecule has 0 aromatic carbocycles.